The number of hydrogen-bond donors (Lipinski definition) is 2. The summed E-state index contributed by atoms with van der Waals surface area (Å²) in [5, 5.41) is 3.63. The SMILES string of the molecule is CC1CCCC(CNCc2ccc[nH]2)(N(C)C)C1. The quantitative estimate of drug-likeness (QED) is 0.840. The summed E-state index contributed by atoms with van der Waals surface area (Å²) in [5.41, 5.74) is 1.62. The van der Waals surface area contributed by atoms with Crippen LogP contribution in [0.25, 0.3) is 0 Å². The molecule has 1 aliphatic carbocycles. The van der Waals surface area contributed by atoms with Gasteiger partial charge in [-0.15, -0.1) is 0 Å². The molecule has 0 spiro atoms. The van der Waals surface area contributed by atoms with Crippen LogP contribution in [0.3, 0.4) is 0 Å². The number of nitrogens with one attached hydrogen (secondary N) is 2. The molecule has 18 heavy (non-hydrogen) atoms. The number of nitrogens with zero attached hydrogens (tertiary/aromatic N) is 1. The predicted octanol–water partition coefficient (Wildman–Crippen LogP) is 2.61. The van der Waals surface area contributed by atoms with E-state index in [1.165, 1.54) is 31.4 Å². The second-order valence-electron chi connectivity index (χ2n) is 6.12. The number of aromatic nitrogens is 1. The average Bonchev–Trinajstić information content (AvgIpc) is 2.82. The topological polar surface area (TPSA) is 31.1 Å². The molecular weight excluding hydrogens is 222 g/mol. The van der Waals surface area contributed by atoms with E-state index < -0.39 is 0 Å². The molecule has 2 atom stereocenters. The maximum absolute atomic E-state index is 3.63. The summed E-state index contributed by atoms with van der Waals surface area (Å²) >= 11 is 0. The van der Waals surface area contributed by atoms with Crippen molar-refractivity contribution >= 4 is 0 Å². The predicted molar refractivity (Wildman–Crippen MR) is 76.5 cm³/mol. The lowest BCUT2D eigenvalue weighted by atomic mass is 9.75. The van der Waals surface area contributed by atoms with E-state index in [1.807, 2.05) is 6.20 Å². The maximum Gasteiger partial charge on any atom is 0.0357 e. The van der Waals surface area contributed by atoms with Gasteiger partial charge in [0.1, 0.15) is 0 Å². The molecule has 1 aliphatic rings. The minimum atomic E-state index is 0.351. The van der Waals surface area contributed by atoms with E-state index in [2.05, 4.69) is 48.4 Å². The van der Waals surface area contributed by atoms with Crippen LogP contribution in [0.4, 0.5) is 0 Å². The molecule has 1 aromatic rings. The van der Waals surface area contributed by atoms with E-state index in [0.717, 1.165) is 19.0 Å². The molecule has 3 nitrogen and oxygen atoms in total. The van der Waals surface area contributed by atoms with Crippen LogP contribution in [0.1, 0.15) is 38.3 Å². The van der Waals surface area contributed by atoms with Crippen LogP contribution in [0.15, 0.2) is 18.3 Å². The largest absolute Gasteiger partial charge is 0.364 e. The lowest BCUT2D eigenvalue weighted by Gasteiger charge is -2.45. The third-order valence-corrected chi connectivity index (χ3v) is 4.45. The summed E-state index contributed by atoms with van der Waals surface area (Å²) in [7, 11) is 4.46. The van der Waals surface area contributed by atoms with E-state index in [4.69, 9.17) is 0 Å². The Bertz CT molecular complexity index is 345. The van der Waals surface area contributed by atoms with Crippen LogP contribution < -0.4 is 5.32 Å². The zero-order valence-corrected chi connectivity index (χ0v) is 12.0. The van der Waals surface area contributed by atoms with Gasteiger partial charge >= 0.3 is 0 Å². The average molecular weight is 249 g/mol. The fourth-order valence-electron chi connectivity index (χ4n) is 3.26. The zero-order chi connectivity index (χ0) is 13.0. The molecule has 0 saturated heterocycles. The first kappa shape index (κ1) is 13.6. The summed E-state index contributed by atoms with van der Waals surface area (Å²) in [6.45, 7) is 4.42. The van der Waals surface area contributed by atoms with Crippen molar-refractivity contribution in [1.29, 1.82) is 0 Å². The second-order valence-corrected chi connectivity index (χ2v) is 6.12. The van der Waals surface area contributed by atoms with Gasteiger partial charge in [0.25, 0.3) is 0 Å². The highest BCUT2D eigenvalue weighted by atomic mass is 15.2. The lowest BCUT2D eigenvalue weighted by Crippen LogP contribution is -2.54. The van der Waals surface area contributed by atoms with Gasteiger partial charge in [-0.3, -0.25) is 0 Å². The summed E-state index contributed by atoms with van der Waals surface area (Å²) < 4.78 is 0. The first-order valence-corrected chi connectivity index (χ1v) is 7.13. The standard InChI is InChI=1S/C15H27N3/c1-13-6-4-8-15(10-13,18(2)3)12-16-11-14-7-5-9-17-14/h5,7,9,13,16-17H,4,6,8,10-12H2,1-3H3. The van der Waals surface area contributed by atoms with Crippen LogP contribution >= 0.6 is 0 Å². The lowest BCUT2D eigenvalue weighted by molar-refractivity contribution is 0.0749. The highest BCUT2D eigenvalue weighted by Crippen LogP contribution is 2.35. The fraction of sp³-hybridized carbons (Fsp3) is 0.733. The van der Waals surface area contributed by atoms with Crippen molar-refractivity contribution in [3.05, 3.63) is 24.0 Å². The minimum absolute atomic E-state index is 0.351. The third kappa shape index (κ3) is 3.15. The van der Waals surface area contributed by atoms with Crippen LogP contribution in [0.2, 0.25) is 0 Å². The van der Waals surface area contributed by atoms with E-state index in [-0.39, 0.29) is 0 Å². The molecule has 0 radical (unpaired) electrons. The second kappa shape index (κ2) is 5.89. The monoisotopic (exact) mass is 249 g/mol. The Balaban J connectivity index is 1.89. The molecule has 2 rings (SSSR count). The van der Waals surface area contributed by atoms with Crippen molar-refractivity contribution in [2.75, 3.05) is 20.6 Å². The molecule has 0 aliphatic heterocycles. The highest BCUT2D eigenvalue weighted by Gasteiger charge is 2.36. The molecule has 2 unspecified atom stereocenters. The van der Waals surface area contributed by atoms with Crippen LogP contribution in [-0.4, -0.2) is 36.1 Å². The Morgan fingerprint density at radius 3 is 2.94 bits per heavy atom. The van der Waals surface area contributed by atoms with Crippen molar-refractivity contribution < 1.29 is 0 Å². The van der Waals surface area contributed by atoms with E-state index in [1.54, 1.807) is 0 Å². The van der Waals surface area contributed by atoms with Gasteiger partial charge < -0.3 is 15.2 Å². The van der Waals surface area contributed by atoms with Gasteiger partial charge in [-0.25, -0.2) is 0 Å². The molecule has 1 fully saturated rings. The van der Waals surface area contributed by atoms with Gasteiger partial charge in [-0.1, -0.05) is 19.8 Å². The summed E-state index contributed by atoms with van der Waals surface area (Å²) in [6, 6.07) is 4.19. The smallest absolute Gasteiger partial charge is 0.0357 e. The summed E-state index contributed by atoms with van der Waals surface area (Å²) in [5.74, 6) is 0.855. The molecular formula is C15H27N3. The Morgan fingerprint density at radius 1 is 1.50 bits per heavy atom. The minimum Gasteiger partial charge on any atom is -0.364 e. The van der Waals surface area contributed by atoms with Crippen LogP contribution in [0, 0.1) is 5.92 Å². The van der Waals surface area contributed by atoms with Gasteiger partial charge in [0.15, 0.2) is 0 Å². The van der Waals surface area contributed by atoms with Gasteiger partial charge in [-0.05, 0) is 45.0 Å². The molecule has 1 aromatic heterocycles. The van der Waals surface area contributed by atoms with Gasteiger partial charge in [0, 0.05) is 30.5 Å². The van der Waals surface area contributed by atoms with Gasteiger partial charge in [0.05, 0.1) is 0 Å². The Hall–Kier alpha value is -0.800. The Kier molecular flexibility index (Phi) is 4.46. The molecule has 1 heterocycles. The summed E-state index contributed by atoms with van der Waals surface area (Å²) in [6.07, 6.45) is 7.39. The molecule has 0 aromatic carbocycles. The Morgan fingerprint density at radius 2 is 2.33 bits per heavy atom. The molecule has 2 N–H and O–H groups in total. The van der Waals surface area contributed by atoms with Crippen molar-refractivity contribution in [2.24, 2.45) is 5.92 Å². The van der Waals surface area contributed by atoms with Gasteiger partial charge in [-0.2, -0.15) is 0 Å². The highest BCUT2D eigenvalue weighted by molar-refractivity contribution is 5.03. The molecule has 0 amide bonds. The number of aromatic amines is 1. The molecule has 0 bridgehead atoms. The number of rotatable bonds is 5. The van der Waals surface area contributed by atoms with E-state index in [9.17, 15) is 0 Å². The molecule has 3 heteroatoms. The Labute approximate surface area is 111 Å². The van der Waals surface area contributed by atoms with Crippen molar-refractivity contribution in [3.63, 3.8) is 0 Å². The maximum atomic E-state index is 3.63. The van der Waals surface area contributed by atoms with E-state index in [0.29, 0.717) is 5.54 Å². The molecule has 1 saturated carbocycles. The number of H-pyrrole nitrogens is 1. The van der Waals surface area contributed by atoms with Crippen molar-refractivity contribution in [3.8, 4) is 0 Å². The summed E-state index contributed by atoms with van der Waals surface area (Å²) in [4.78, 5) is 5.68. The van der Waals surface area contributed by atoms with Gasteiger partial charge in [0.2, 0.25) is 0 Å². The zero-order valence-electron chi connectivity index (χ0n) is 12.0. The third-order valence-electron chi connectivity index (χ3n) is 4.45. The fourth-order valence-corrected chi connectivity index (χ4v) is 3.26. The number of hydrogen-bond acceptors (Lipinski definition) is 2. The first-order chi connectivity index (χ1) is 8.62. The normalized spacial score (nSPS) is 28.8. The number of likely N-dealkylation sites (N-methyl/N-ethyl adjacent to an activating group) is 1. The van der Waals surface area contributed by atoms with E-state index >= 15 is 0 Å². The van der Waals surface area contributed by atoms with Crippen LogP contribution in [0.5, 0.6) is 0 Å². The van der Waals surface area contributed by atoms with Crippen molar-refractivity contribution in [2.45, 2.75) is 44.7 Å². The molecule has 102 valence electrons. The van der Waals surface area contributed by atoms with Crippen LogP contribution in [-0.2, 0) is 6.54 Å². The van der Waals surface area contributed by atoms with Crippen molar-refractivity contribution in [1.82, 2.24) is 15.2 Å². The first-order valence-electron chi connectivity index (χ1n) is 7.13.